The largest absolute Gasteiger partial charge is 0.356 e. The number of Topliss-reactive ketones (excluding diaryl/α,β-unsaturated/α-hetero) is 1. The molecule has 1 heterocycles. The van der Waals surface area contributed by atoms with Crippen molar-refractivity contribution in [2.75, 3.05) is 19.6 Å². The van der Waals surface area contributed by atoms with Gasteiger partial charge in [0.2, 0.25) is 5.91 Å². The fourth-order valence-corrected chi connectivity index (χ4v) is 3.12. The number of hydrogen-bond donors (Lipinski definition) is 2. The molecule has 4 nitrogen and oxygen atoms in total. The number of amides is 1. The van der Waals surface area contributed by atoms with Crippen molar-refractivity contribution in [3.8, 4) is 0 Å². The average Bonchev–Trinajstić information content (AvgIpc) is 2.50. The molecule has 1 saturated heterocycles. The summed E-state index contributed by atoms with van der Waals surface area (Å²) in [5, 5.41) is 6.09. The molecule has 0 spiro atoms. The van der Waals surface area contributed by atoms with Crippen LogP contribution in [-0.2, 0) is 17.6 Å². The van der Waals surface area contributed by atoms with E-state index in [0.717, 1.165) is 38.0 Å². The molecule has 5 heteroatoms. The quantitative estimate of drug-likeness (QED) is 0.784. The Morgan fingerprint density at radius 3 is 2.52 bits per heavy atom. The van der Waals surface area contributed by atoms with E-state index in [1.807, 2.05) is 12.1 Å². The third-order valence-corrected chi connectivity index (χ3v) is 4.70. The van der Waals surface area contributed by atoms with Crippen molar-refractivity contribution in [2.45, 2.75) is 38.5 Å². The van der Waals surface area contributed by atoms with Gasteiger partial charge in [0.15, 0.2) is 5.78 Å². The number of carbonyl (C=O) groups excluding carboxylic acids is 2. The lowest BCUT2D eigenvalue weighted by Crippen LogP contribution is -2.48. The number of ketones is 1. The van der Waals surface area contributed by atoms with Crippen LogP contribution in [0.3, 0.4) is 0 Å². The maximum absolute atomic E-state index is 12.3. The SMILES string of the molecule is Cl.O=C(CCC(=O)c1ccc2c(c1)CCCC2)NCC1CNC1. The molecule has 0 atom stereocenters. The molecule has 1 amide bonds. The fraction of sp³-hybridized carbons (Fsp3) is 0.556. The highest BCUT2D eigenvalue weighted by Gasteiger charge is 2.18. The lowest BCUT2D eigenvalue weighted by atomic mass is 9.89. The second-order valence-electron chi connectivity index (χ2n) is 6.44. The summed E-state index contributed by atoms with van der Waals surface area (Å²) in [7, 11) is 0. The van der Waals surface area contributed by atoms with Gasteiger partial charge in [0.25, 0.3) is 0 Å². The minimum absolute atomic E-state index is 0. The van der Waals surface area contributed by atoms with Crippen molar-refractivity contribution in [1.29, 1.82) is 0 Å². The number of fused-ring (bicyclic) bond motifs is 1. The van der Waals surface area contributed by atoms with Crippen molar-refractivity contribution in [3.05, 3.63) is 34.9 Å². The highest BCUT2D eigenvalue weighted by Crippen LogP contribution is 2.22. The van der Waals surface area contributed by atoms with Crippen molar-refractivity contribution in [2.24, 2.45) is 5.92 Å². The molecule has 1 aromatic carbocycles. The molecule has 0 unspecified atom stereocenters. The standard InChI is InChI=1S/C18H24N2O2.ClH/c21-17(7-8-18(22)20-12-13-10-19-11-13)16-6-5-14-3-1-2-4-15(14)9-16;/h5-6,9,13,19H,1-4,7-8,10-12H2,(H,20,22);1H. The van der Waals surface area contributed by atoms with Crippen molar-refractivity contribution in [1.82, 2.24) is 10.6 Å². The van der Waals surface area contributed by atoms with Crippen LogP contribution in [0.1, 0.15) is 47.2 Å². The summed E-state index contributed by atoms with van der Waals surface area (Å²) < 4.78 is 0. The summed E-state index contributed by atoms with van der Waals surface area (Å²) in [4.78, 5) is 24.0. The van der Waals surface area contributed by atoms with Gasteiger partial charge in [0.1, 0.15) is 0 Å². The lowest BCUT2D eigenvalue weighted by Gasteiger charge is -2.27. The first-order chi connectivity index (χ1) is 10.7. The molecule has 1 aliphatic carbocycles. The van der Waals surface area contributed by atoms with E-state index in [1.165, 1.54) is 24.0 Å². The van der Waals surface area contributed by atoms with Gasteiger partial charge in [-0.25, -0.2) is 0 Å². The Labute approximate surface area is 143 Å². The van der Waals surface area contributed by atoms with Crippen LogP contribution in [0.4, 0.5) is 0 Å². The Hall–Kier alpha value is -1.39. The number of carbonyl (C=O) groups is 2. The molecule has 23 heavy (non-hydrogen) atoms. The van der Waals surface area contributed by atoms with Crippen molar-refractivity contribution >= 4 is 24.1 Å². The van der Waals surface area contributed by atoms with E-state index in [4.69, 9.17) is 0 Å². The second kappa shape index (κ2) is 8.46. The summed E-state index contributed by atoms with van der Waals surface area (Å²) in [6.45, 7) is 2.68. The number of hydrogen-bond acceptors (Lipinski definition) is 3. The van der Waals surface area contributed by atoms with E-state index in [2.05, 4.69) is 16.7 Å². The van der Waals surface area contributed by atoms with Crippen LogP contribution < -0.4 is 10.6 Å². The smallest absolute Gasteiger partial charge is 0.220 e. The van der Waals surface area contributed by atoms with Gasteiger partial charge in [-0.3, -0.25) is 9.59 Å². The van der Waals surface area contributed by atoms with Crippen LogP contribution in [0.2, 0.25) is 0 Å². The normalized spacial score (nSPS) is 16.7. The number of benzene rings is 1. The molecule has 1 fully saturated rings. The molecular weight excluding hydrogens is 312 g/mol. The second-order valence-corrected chi connectivity index (χ2v) is 6.44. The summed E-state index contributed by atoms with van der Waals surface area (Å²) in [5.74, 6) is 0.618. The third kappa shape index (κ3) is 4.79. The molecule has 0 radical (unpaired) electrons. The zero-order chi connectivity index (χ0) is 15.4. The Balaban J connectivity index is 0.00000192. The maximum atomic E-state index is 12.3. The van der Waals surface area contributed by atoms with Gasteiger partial charge in [-0.05, 0) is 42.9 Å². The molecule has 0 saturated carbocycles. The van der Waals surface area contributed by atoms with Crippen molar-refractivity contribution < 1.29 is 9.59 Å². The maximum Gasteiger partial charge on any atom is 0.220 e. The van der Waals surface area contributed by atoms with Crippen LogP contribution >= 0.6 is 12.4 Å². The van der Waals surface area contributed by atoms with Crippen LogP contribution in [0.15, 0.2) is 18.2 Å². The van der Waals surface area contributed by atoms with Gasteiger partial charge in [-0.2, -0.15) is 0 Å². The lowest BCUT2D eigenvalue weighted by molar-refractivity contribution is -0.121. The number of halogens is 1. The molecule has 126 valence electrons. The topological polar surface area (TPSA) is 58.2 Å². The van der Waals surface area contributed by atoms with E-state index < -0.39 is 0 Å². The van der Waals surface area contributed by atoms with Crippen LogP contribution in [0.5, 0.6) is 0 Å². The fourth-order valence-electron chi connectivity index (χ4n) is 3.12. The van der Waals surface area contributed by atoms with Crippen molar-refractivity contribution in [3.63, 3.8) is 0 Å². The Morgan fingerprint density at radius 1 is 1.09 bits per heavy atom. The van der Waals surface area contributed by atoms with E-state index >= 15 is 0 Å². The first-order valence-corrected chi connectivity index (χ1v) is 8.35. The summed E-state index contributed by atoms with van der Waals surface area (Å²) in [6.07, 6.45) is 5.25. The van der Waals surface area contributed by atoms with Gasteiger partial charge in [-0.15, -0.1) is 12.4 Å². The van der Waals surface area contributed by atoms with Gasteiger partial charge in [-0.1, -0.05) is 12.1 Å². The molecule has 0 aromatic heterocycles. The Morgan fingerprint density at radius 2 is 1.83 bits per heavy atom. The van der Waals surface area contributed by atoms with Crippen LogP contribution in [0, 0.1) is 5.92 Å². The molecule has 0 bridgehead atoms. The number of aryl methyl sites for hydroxylation is 2. The number of rotatable bonds is 6. The number of nitrogens with one attached hydrogen (secondary N) is 2. The first-order valence-electron chi connectivity index (χ1n) is 8.35. The summed E-state index contributed by atoms with van der Waals surface area (Å²) >= 11 is 0. The third-order valence-electron chi connectivity index (χ3n) is 4.70. The zero-order valence-electron chi connectivity index (χ0n) is 13.4. The van der Waals surface area contributed by atoms with E-state index in [9.17, 15) is 9.59 Å². The first kappa shape index (κ1) is 18.0. The minimum atomic E-state index is -0.0155. The minimum Gasteiger partial charge on any atom is -0.356 e. The Kier molecular flexibility index (Phi) is 6.60. The zero-order valence-corrected chi connectivity index (χ0v) is 14.2. The van der Waals surface area contributed by atoms with Gasteiger partial charge >= 0.3 is 0 Å². The predicted octanol–water partition coefficient (Wildman–Crippen LogP) is 2.29. The van der Waals surface area contributed by atoms with E-state index in [-0.39, 0.29) is 30.5 Å². The van der Waals surface area contributed by atoms with E-state index in [1.54, 1.807) is 0 Å². The summed E-state index contributed by atoms with van der Waals surface area (Å²) in [6, 6.07) is 6.05. The predicted molar refractivity (Wildman–Crippen MR) is 93.3 cm³/mol. The highest BCUT2D eigenvalue weighted by molar-refractivity contribution is 5.98. The molecule has 3 rings (SSSR count). The molecular formula is C18H25ClN2O2. The van der Waals surface area contributed by atoms with Gasteiger partial charge in [0, 0.05) is 44.0 Å². The molecule has 2 N–H and O–H groups in total. The van der Waals surface area contributed by atoms with Gasteiger partial charge < -0.3 is 10.6 Å². The summed E-state index contributed by atoms with van der Waals surface area (Å²) in [5.41, 5.74) is 3.46. The van der Waals surface area contributed by atoms with E-state index in [0.29, 0.717) is 12.3 Å². The monoisotopic (exact) mass is 336 g/mol. The average molecular weight is 337 g/mol. The molecule has 1 aliphatic heterocycles. The van der Waals surface area contributed by atoms with Crippen LogP contribution in [-0.4, -0.2) is 31.3 Å². The van der Waals surface area contributed by atoms with Gasteiger partial charge in [0.05, 0.1) is 0 Å². The Bertz CT molecular complexity index is 570. The molecule has 1 aromatic rings. The van der Waals surface area contributed by atoms with Crippen LogP contribution in [0.25, 0.3) is 0 Å². The highest BCUT2D eigenvalue weighted by atomic mass is 35.5. The molecule has 2 aliphatic rings.